The molecule has 0 amide bonds. The van der Waals surface area contributed by atoms with Gasteiger partial charge in [0.2, 0.25) is 9.05 Å². The number of aromatic nitrogens is 1. The molecule has 1 aromatic heterocycles. The van der Waals surface area contributed by atoms with Gasteiger partial charge in [-0.15, -0.1) is 0 Å². The van der Waals surface area contributed by atoms with Gasteiger partial charge in [-0.1, -0.05) is 42.8 Å². The number of hydrogen-bond acceptors (Lipinski definition) is 3. The molecule has 0 radical (unpaired) electrons. The molecule has 3 rings (SSSR count). The summed E-state index contributed by atoms with van der Waals surface area (Å²) < 4.78 is 25.3. The second kappa shape index (κ2) is 7.84. The molecule has 0 fully saturated rings. The van der Waals surface area contributed by atoms with E-state index in [1.807, 2.05) is 48.7 Å². The summed E-state index contributed by atoms with van der Waals surface area (Å²) >= 11 is 6.06. The Labute approximate surface area is 168 Å². The standard InChI is InChI=1S/C20H21Cl2NO3S/c1-2-20(11-13-24,16-6-8-17(21)9-7-16)23-12-10-18-15(14-27(22,25)26)4-3-5-19(18)23/h3-10,12,24H,2,11,13-14H2,1H3. The lowest BCUT2D eigenvalue weighted by molar-refractivity contribution is 0.213. The third-order valence-corrected chi connectivity index (χ3v) is 6.34. The monoisotopic (exact) mass is 425 g/mol. The molecule has 1 unspecified atom stereocenters. The van der Waals surface area contributed by atoms with E-state index in [4.69, 9.17) is 22.3 Å². The van der Waals surface area contributed by atoms with Gasteiger partial charge in [-0.2, -0.15) is 0 Å². The van der Waals surface area contributed by atoms with Crippen molar-refractivity contribution >= 4 is 42.2 Å². The summed E-state index contributed by atoms with van der Waals surface area (Å²) in [6.07, 6.45) is 3.22. The molecule has 7 heteroatoms. The predicted octanol–water partition coefficient (Wildman–Crippen LogP) is 4.90. The summed E-state index contributed by atoms with van der Waals surface area (Å²) in [5.74, 6) is -0.226. The molecule has 1 atom stereocenters. The van der Waals surface area contributed by atoms with Crippen molar-refractivity contribution in [3.8, 4) is 0 Å². The first-order valence-corrected chi connectivity index (χ1v) is 11.5. The van der Waals surface area contributed by atoms with Gasteiger partial charge in [-0.05, 0) is 48.2 Å². The number of hydrogen-bond donors (Lipinski definition) is 1. The van der Waals surface area contributed by atoms with Gasteiger partial charge >= 0.3 is 0 Å². The molecule has 27 heavy (non-hydrogen) atoms. The molecule has 2 aromatic carbocycles. The molecule has 3 aromatic rings. The maximum Gasteiger partial charge on any atom is 0.236 e. The Hall–Kier alpha value is -1.53. The van der Waals surface area contributed by atoms with E-state index in [9.17, 15) is 13.5 Å². The van der Waals surface area contributed by atoms with Crippen LogP contribution in [0, 0.1) is 0 Å². The van der Waals surface area contributed by atoms with Crippen LogP contribution in [0.2, 0.25) is 5.02 Å². The van der Waals surface area contributed by atoms with Gasteiger partial charge in [0.1, 0.15) is 0 Å². The van der Waals surface area contributed by atoms with Crippen LogP contribution in [-0.2, 0) is 20.3 Å². The first-order valence-electron chi connectivity index (χ1n) is 8.69. The minimum atomic E-state index is -3.66. The van der Waals surface area contributed by atoms with Gasteiger partial charge in [0.05, 0.1) is 11.3 Å². The molecule has 0 spiro atoms. The number of aliphatic hydroxyl groups excluding tert-OH is 1. The number of aliphatic hydroxyl groups is 1. The molecule has 4 nitrogen and oxygen atoms in total. The maximum absolute atomic E-state index is 11.6. The lowest BCUT2D eigenvalue weighted by Gasteiger charge is -2.36. The first kappa shape index (κ1) is 20.2. The van der Waals surface area contributed by atoms with Crippen LogP contribution < -0.4 is 0 Å². The van der Waals surface area contributed by atoms with Gasteiger partial charge in [-0.25, -0.2) is 8.42 Å². The summed E-state index contributed by atoms with van der Waals surface area (Å²) in [7, 11) is 1.81. The normalized spacial score (nSPS) is 14.4. The summed E-state index contributed by atoms with van der Waals surface area (Å²) in [4.78, 5) is 0. The van der Waals surface area contributed by atoms with E-state index in [-0.39, 0.29) is 12.4 Å². The molecule has 144 valence electrons. The second-order valence-corrected chi connectivity index (χ2v) is 9.80. The zero-order chi connectivity index (χ0) is 19.7. The molecule has 1 heterocycles. The zero-order valence-corrected chi connectivity index (χ0v) is 17.2. The number of nitrogens with zero attached hydrogens (tertiary/aromatic N) is 1. The Morgan fingerprint density at radius 2 is 1.81 bits per heavy atom. The zero-order valence-electron chi connectivity index (χ0n) is 14.9. The van der Waals surface area contributed by atoms with Crippen LogP contribution in [0.4, 0.5) is 0 Å². The predicted molar refractivity (Wildman–Crippen MR) is 111 cm³/mol. The van der Waals surface area contributed by atoms with Crippen molar-refractivity contribution in [2.45, 2.75) is 31.1 Å². The third-order valence-electron chi connectivity index (χ3n) is 5.10. The molecule has 0 aliphatic heterocycles. The van der Waals surface area contributed by atoms with Gasteiger partial charge in [0.25, 0.3) is 0 Å². The summed E-state index contributed by atoms with van der Waals surface area (Å²) in [5, 5.41) is 11.3. The fraction of sp³-hybridized carbons (Fsp3) is 0.300. The van der Waals surface area contributed by atoms with Crippen LogP contribution in [0.3, 0.4) is 0 Å². The van der Waals surface area contributed by atoms with E-state index in [0.717, 1.165) is 22.9 Å². The molecular formula is C20H21Cl2NO3S. The number of rotatable bonds is 7. The van der Waals surface area contributed by atoms with Crippen molar-refractivity contribution < 1.29 is 13.5 Å². The van der Waals surface area contributed by atoms with E-state index in [0.29, 0.717) is 17.0 Å². The Morgan fingerprint density at radius 3 is 2.41 bits per heavy atom. The van der Waals surface area contributed by atoms with Crippen LogP contribution >= 0.6 is 22.3 Å². The fourth-order valence-corrected chi connectivity index (χ4v) is 4.92. The van der Waals surface area contributed by atoms with Gasteiger partial charge in [0, 0.05) is 39.4 Å². The highest BCUT2D eigenvalue weighted by atomic mass is 35.7. The smallest absolute Gasteiger partial charge is 0.236 e. The van der Waals surface area contributed by atoms with Crippen molar-refractivity contribution in [2.75, 3.05) is 6.61 Å². The second-order valence-electron chi connectivity index (χ2n) is 6.58. The molecule has 1 N–H and O–H groups in total. The van der Waals surface area contributed by atoms with E-state index in [1.165, 1.54) is 0 Å². The average molecular weight is 426 g/mol. The van der Waals surface area contributed by atoms with Gasteiger partial charge in [0.15, 0.2) is 0 Å². The summed E-state index contributed by atoms with van der Waals surface area (Å²) in [6.45, 7) is 2.09. The van der Waals surface area contributed by atoms with Crippen molar-refractivity contribution in [2.24, 2.45) is 0 Å². The Balaban J connectivity index is 2.23. The minimum Gasteiger partial charge on any atom is -0.396 e. The molecule has 0 bridgehead atoms. The molecular weight excluding hydrogens is 405 g/mol. The summed E-state index contributed by atoms with van der Waals surface area (Å²) in [6, 6.07) is 15.1. The average Bonchev–Trinajstić information content (AvgIpc) is 3.05. The highest BCUT2D eigenvalue weighted by Crippen LogP contribution is 2.38. The van der Waals surface area contributed by atoms with Crippen LogP contribution in [0.25, 0.3) is 10.9 Å². The largest absolute Gasteiger partial charge is 0.396 e. The first-order chi connectivity index (χ1) is 12.8. The Morgan fingerprint density at radius 1 is 1.11 bits per heavy atom. The number of benzene rings is 2. The van der Waals surface area contributed by atoms with Crippen molar-refractivity contribution in [3.63, 3.8) is 0 Å². The van der Waals surface area contributed by atoms with E-state index >= 15 is 0 Å². The SMILES string of the molecule is CCC(CCO)(c1ccc(Cl)cc1)n1ccc2c(CS(=O)(=O)Cl)cccc21. The molecule has 0 saturated carbocycles. The quantitative estimate of drug-likeness (QED) is 0.547. The number of fused-ring (bicyclic) bond motifs is 1. The molecule has 0 aliphatic rings. The maximum atomic E-state index is 11.6. The topological polar surface area (TPSA) is 59.3 Å². The van der Waals surface area contributed by atoms with Gasteiger partial charge in [-0.3, -0.25) is 0 Å². The lowest BCUT2D eigenvalue weighted by atomic mass is 9.83. The Bertz CT molecular complexity index is 1040. The third kappa shape index (κ3) is 4.02. The molecule has 0 saturated heterocycles. The van der Waals surface area contributed by atoms with Gasteiger partial charge < -0.3 is 9.67 Å². The van der Waals surface area contributed by atoms with E-state index < -0.39 is 14.6 Å². The fourth-order valence-electron chi connectivity index (χ4n) is 3.82. The van der Waals surface area contributed by atoms with Crippen molar-refractivity contribution in [1.29, 1.82) is 0 Å². The highest BCUT2D eigenvalue weighted by molar-refractivity contribution is 8.13. The van der Waals surface area contributed by atoms with Crippen LogP contribution in [0.1, 0.15) is 30.9 Å². The highest BCUT2D eigenvalue weighted by Gasteiger charge is 2.33. The van der Waals surface area contributed by atoms with E-state index in [2.05, 4.69) is 11.5 Å². The lowest BCUT2D eigenvalue weighted by Crippen LogP contribution is -2.35. The van der Waals surface area contributed by atoms with Crippen molar-refractivity contribution in [1.82, 2.24) is 4.57 Å². The van der Waals surface area contributed by atoms with Crippen LogP contribution in [0.15, 0.2) is 54.7 Å². The Kier molecular flexibility index (Phi) is 5.87. The van der Waals surface area contributed by atoms with Crippen LogP contribution in [-0.4, -0.2) is 24.7 Å². The molecule has 0 aliphatic carbocycles. The van der Waals surface area contributed by atoms with Crippen molar-refractivity contribution in [3.05, 3.63) is 70.9 Å². The number of halogens is 2. The summed E-state index contributed by atoms with van der Waals surface area (Å²) in [5.41, 5.74) is 2.13. The minimum absolute atomic E-state index is 0.0197. The van der Waals surface area contributed by atoms with Crippen LogP contribution in [0.5, 0.6) is 0 Å². The van der Waals surface area contributed by atoms with E-state index in [1.54, 1.807) is 6.07 Å².